The third-order valence-corrected chi connectivity index (χ3v) is 5.48. The summed E-state index contributed by atoms with van der Waals surface area (Å²) < 4.78 is 1.97. The summed E-state index contributed by atoms with van der Waals surface area (Å²) in [5, 5.41) is 22.5. The van der Waals surface area contributed by atoms with Crippen LogP contribution in [0.4, 0.5) is 11.4 Å². The van der Waals surface area contributed by atoms with Crippen molar-refractivity contribution in [3.63, 3.8) is 0 Å². The number of aromatic nitrogens is 3. The Morgan fingerprint density at radius 3 is 2.59 bits per heavy atom. The van der Waals surface area contributed by atoms with Gasteiger partial charge in [-0.05, 0) is 32.4 Å². The summed E-state index contributed by atoms with van der Waals surface area (Å²) in [4.78, 5) is 23.0. The van der Waals surface area contributed by atoms with E-state index < -0.39 is 10.2 Å². The van der Waals surface area contributed by atoms with E-state index in [-0.39, 0.29) is 11.6 Å². The number of rotatable bonds is 7. The molecule has 0 saturated heterocycles. The molecule has 3 aromatic rings. The van der Waals surface area contributed by atoms with Gasteiger partial charge in [-0.25, -0.2) is 0 Å². The zero-order valence-corrected chi connectivity index (χ0v) is 17.1. The summed E-state index contributed by atoms with van der Waals surface area (Å²) >= 11 is 1.32. The van der Waals surface area contributed by atoms with Gasteiger partial charge in [-0.3, -0.25) is 14.9 Å². The maximum atomic E-state index is 12.6. The Kier molecular flexibility index (Phi) is 6.28. The highest BCUT2D eigenvalue weighted by Crippen LogP contribution is 2.28. The molecule has 150 valence electrons. The topological polar surface area (TPSA) is 103 Å². The van der Waals surface area contributed by atoms with E-state index in [9.17, 15) is 14.9 Å². The van der Waals surface area contributed by atoms with Gasteiger partial charge in [0.1, 0.15) is 0 Å². The van der Waals surface area contributed by atoms with Crippen LogP contribution in [-0.4, -0.2) is 30.8 Å². The summed E-state index contributed by atoms with van der Waals surface area (Å²) in [6.45, 7) is 6.19. The summed E-state index contributed by atoms with van der Waals surface area (Å²) in [6.07, 6.45) is 0. The van der Waals surface area contributed by atoms with Crippen molar-refractivity contribution in [2.24, 2.45) is 0 Å². The second kappa shape index (κ2) is 8.87. The molecule has 0 aliphatic rings. The molecule has 29 heavy (non-hydrogen) atoms. The molecule has 0 spiro atoms. The molecule has 1 amide bonds. The maximum Gasteiger partial charge on any atom is 0.269 e. The smallest absolute Gasteiger partial charge is 0.269 e. The minimum Gasteiger partial charge on any atom is -0.325 e. The number of non-ortho nitro benzene ring substituents is 1. The molecule has 1 N–H and O–H groups in total. The van der Waals surface area contributed by atoms with Crippen molar-refractivity contribution in [2.45, 2.75) is 37.7 Å². The van der Waals surface area contributed by atoms with Crippen LogP contribution in [0.5, 0.6) is 0 Å². The zero-order chi connectivity index (χ0) is 21.0. The number of amides is 1. The van der Waals surface area contributed by atoms with Gasteiger partial charge in [-0.15, -0.1) is 10.2 Å². The lowest BCUT2D eigenvalue weighted by Crippen LogP contribution is -2.23. The molecule has 1 heterocycles. The van der Waals surface area contributed by atoms with E-state index in [0.29, 0.717) is 23.0 Å². The van der Waals surface area contributed by atoms with E-state index in [1.807, 2.05) is 41.8 Å². The van der Waals surface area contributed by atoms with Gasteiger partial charge in [0.2, 0.25) is 5.91 Å². The Labute approximate surface area is 172 Å². The molecule has 1 unspecified atom stereocenters. The molecule has 8 nitrogen and oxygen atoms in total. The minimum atomic E-state index is -0.459. The molecule has 0 saturated carbocycles. The number of nitro groups is 1. The number of hydrogen-bond donors (Lipinski definition) is 1. The van der Waals surface area contributed by atoms with Crippen LogP contribution in [0.25, 0.3) is 11.4 Å². The molecule has 0 radical (unpaired) electrons. The number of hydrogen-bond acceptors (Lipinski definition) is 6. The Hall–Kier alpha value is -3.20. The molecule has 9 heteroatoms. The van der Waals surface area contributed by atoms with Gasteiger partial charge in [-0.2, -0.15) is 0 Å². The predicted octanol–water partition coefficient (Wildman–Crippen LogP) is 4.30. The van der Waals surface area contributed by atoms with E-state index in [1.54, 1.807) is 19.9 Å². The fourth-order valence-corrected chi connectivity index (χ4v) is 3.72. The van der Waals surface area contributed by atoms with E-state index >= 15 is 0 Å². The van der Waals surface area contributed by atoms with Crippen LogP contribution >= 0.6 is 11.8 Å². The molecule has 2 aromatic carbocycles. The maximum absolute atomic E-state index is 12.6. The normalized spacial score (nSPS) is 11.8. The number of carbonyl (C=O) groups is 1. The number of anilines is 1. The highest BCUT2D eigenvalue weighted by molar-refractivity contribution is 8.00. The molecule has 3 rings (SSSR count). The van der Waals surface area contributed by atoms with Gasteiger partial charge in [0, 0.05) is 29.9 Å². The molecular weight excluding hydrogens is 390 g/mol. The van der Waals surface area contributed by atoms with Crippen LogP contribution in [0.1, 0.15) is 19.4 Å². The highest BCUT2D eigenvalue weighted by atomic mass is 32.2. The second-order valence-electron chi connectivity index (χ2n) is 6.42. The fraction of sp³-hybridized carbons (Fsp3) is 0.250. The number of nitrogens with one attached hydrogen (secondary N) is 1. The first-order valence-corrected chi connectivity index (χ1v) is 9.99. The standard InChI is InChI=1S/C20H21N5O3S/c1-4-24-18(15-8-6-5-7-9-15)22-23-20(24)29-14(3)19(26)21-17-11-10-16(25(27)28)12-13(17)2/h5-12,14H,4H2,1-3H3,(H,21,26). The second-order valence-corrected chi connectivity index (χ2v) is 7.73. The Morgan fingerprint density at radius 1 is 1.24 bits per heavy atom. The van der Waals surface area contributed by atoms with Crippen LogP contribution in [0.3, 0.4) is 0 Å². The van der Waals surface area contributed by atoms with Gasteiger partial charge >= 0.3 is 0 Å². The number of benzene rings is 2. The average Bonchev–Trinajstić information content (AvgIpc) is 3.12. The first kappa shape index (κ1) is 20.5. The number of nitrogens with zero attached hydrogens (tertiary/aromatic N) is 4. The van der Waals surface area contributed by atoms with Crippen LogP contribution < -0.4 is 5.32 Å². The van der Waals surface area contributed by atoms with Crippen LogP contribution in [-0.2, 0) is 11.3 Å². The van der Waals surface area contributed by atoms with Gasteiger partial charge in [0.05, 0.1) is 10.2 Å². The van der Waals surface area contributed by atoms with Crippen molar-refractivity contribution in [2.75, 3.05) is 5.32 Å². The van der Waals surface area contributed by atoms with Crippen LogP contribution in [0, 0.1) is 17.0 Å². The monoisotopic (exact) mass is 411 g/mol. The van der Waals surface area contributed by atoms with Crippen LogP contribution in [0.15, 0.2) is 53.7 Å². The summed E-state index contributed by atoms with van der Waals surface area (Å²) in [5.74, 6) is 0.549. The predicted molar refractivity (Wildman–Crippen MR) is 113 cm³/mol. The quantitative estimate of drug-likeness (QED) is 0.353. The van der Waals surface area contributed by atoms with Crippen molar-refractivity contribution >= 4 is 29.0 Å². The van der Waals surface area contributed by atoms with Crippen molar-refractivity contribution in [1.29, 1.82) is 0 Å². The van der Waals surface area contributed by atoms with Gasteiger partial charge in [0.15, 0.2) is 11.0 Å². The SMILES string of the molecule is CCn1c(SC(C)C(=O)Nc2ccc([N+](=O)[O-])cc2C)nnc1-c1ccccc1. The first-order chi connectivity index (χ1) is 13.9. The Balaban J connectivity index is 1.73. The number of carbonyl (C=O) groups excluding carboxylic acids is 1. The van der Waals surface area contributed by atoms with Gasteiger partial charge in [-0.1, -0.05) is 42.1 Å². The number of thioether (sulfide) groups is 1. The Morgan fingerprint density at radius 2 is 1.97 bits per heavy atom. The summed E-state index contributed by atoms with van der Waals surface area (Å²) in [7, 11) is 0. The Bertz CT molecular complexity index is 1040. The molecule has 1 atom stereocenters. The van der Waals surface area contributed by atoms with Crippen molar-refractivity contribution < 1.29 is 9.72 Å². The first-order valence-electron chi connectivity index (χ1n) is 9.12. The summed E-state index contributed by atoms with van der Waals surface area (Å²) in [6, 6.07) is 14.1. The van der Waals surface area contributed by atoms with Crippen molar-refractivity contribution in [1.82, 2.24) is 14.8 Å². The van der Waals surface area contributed by atoms with Crippen molar-refractivity contribution in [3.05, 3.63) is 64.2 Å². The molecule has 0 fully saturated rings. The van der Waals surface area contributed by atoms with Gasteiger partial charge in [0.25, 0.3) is 5.69 Å². The third kappa shape index (κ3) is 4.62. The van der Waals surface area contributed by atoms with Crippen molar-refractivity contribution in [3.8, 4) is 11.4 Å². The number of aryl methyl sites for hydroxylation is 1. The molecule has 0 aliphatic heterocycles. The average molecular weight is 411 g/mol. The highest BCUT2D eigenvalue weighted by Gasteiger charge is 2.21. The lowest BCUT2D eigenvalue weighted by molar-refractivity contribution is -0.384. The lowest BCUT2D eigenvalue weighted by Gasteiger charge is -2.14. The van der Waals surface area contributed by atoms with E-state index in [2.05, 4.69) is 15.5 Å². The van der Waals surface area contributed by atoms with E-state index in [4.69, 9.17) is 0 Å². The van der Waals surface area contributed by atoms with Gasteiger partial charge < -0.3 is 9.88 Å². The number of nitro benzene ring substituents is 1. The lowest BCUT2D eigenvalue weighted by atomic mass is 10.2. The largest absolute Gasteiger partial charge is 0.325 e. The van der Waals surface area contributed by atoms with Crippen LogP contribution in [0.2, 0.25) is 0 Å². The summed E-state index contributed by atoms with van der Waals surface area (Å²) in [5.41, 5.74) is 2.14. The molecular formula is C20H21N5O3S. The minimum absolute atomic E-state index is 0.00703. The third-order valence-electron chi connectivity index (χ3n) is 4.40. The fourth-order valence-electron chi connectivity index (χ4n) is 2.81. The zero-order valence-electron chi connectivity index (χ0n) is 16.3. The molecule has 0 aliphatic carbocycles. The molecule has 0 bridgehead atoms. The molecule has 1 aromatic heterocycles. The van der Waals surface area contributed by atoms with E-state index in [0.717, 1.165) is 11.4 Å². The van der Waals surface area contributed by atoms with E-state index in [1.165, 1.54) is 23.9 Å².